The molecule has 0 aliphatic carbocycles. The topological polar surface area (TPSA) is 23.8 Å². The fourth-order valence-corrected chi connectivity index (χ4v) is 1.59. The quantitative estimate of drug-likeness (QED) is 0.729. The van der Waals surface area contributed by atoms with Crippen LogP contribution < -0.4 is 0 Å². The second-order valence-electron chi connectivity index (χ2n) is 3.56. The van der Waals surface area contributed by atoms with Crippen LogP contribution in [-0.4, -0.2) is 0 Å². The summed E-state index contributed by atoms with van der Waals surface area (Å²) in [6.07, 6.45) is 0. The van der Waals surface area contributed by atoms with Gasteiger partial charge in [0, 0.05) is 11.8 Å². The molecule has 2 aromatic rings. The molecule has 0 saturated heterocycles. The Morgan fingerprint density at radius 2 is 1.22 bits per heavy atom. The Hall–Kier alpha value is -1.49. The predicted octanol–water partition coefficient (Wildman–Crippen LogP) is 4.72. The fourth-order valence-electron chi connectivity index (χ4n) is 1.23. The third-order valence-corrected chi connectivity index (χ3v) is 2.85. The Kier molecular flexibility index (Phi) is 6.94. The number of nitrogens with zero attached hydrogens (tertiary/aromatic N) is 1. The number of nitriles is 1. The molecule has 2 rings (SSSR count). The smallest absolute Gasteiger partial charge is 0.0991 e. The molecule has 2 aromatic carbocycles. The summed E-state index contributed by atoms with van der Waals surface area (Å²) in [6, 6.07) is 19.1. The third kappa shape index (κ3) is 5.23. The summed E-state index contributed by atoms with van der Waals surface area (Å²) in [4.78, 5) is 0. The van der Waals surface area contributed by atoms with Crippen LogP contribution in [0.25, 0.3) is 0 Å². The molecule has 0 fully saturated rings. The summed E-state index contributed by atoms with van der Waals surface area (Å²) in [5, 5.41) is 8.29. The van der Waals surface area contributed by atoms with E-state index in [1.54, 1.807) is 12.1 Å². The number of hydrogen-bond acceptors (Lipinski definition) is 1. The molecule has 0 radical (unpaired) electrons. The van der Waals surface area contributed by atoms with E-state index in [1.807, 2.05) is 48.5 Å². The normalized spacial score (nSPS) is 8.94. The molecular weight excluding hydrogens is 265 g/mol. The lowest BCUT2D eigenvalue weighted by atomic mass is 10.2. The zero-order valence-electron chi connectivity index (χ0n) is 9.81. The number of alkyl halides is 2. The molecule has 0 aromatic heterocycles. The summed E-state index contributed by atoms with van der Waals surface area (Å²) in [5.74, 6) is 1.14. The van der Waals surface area contributed by atoms with E-state index in [-0.39, 0.29) is 0 Å². The van der Waals surface area contributed by atoms with E-state index in [0.717, 1.165) is 11.1 Å². The summed E-state index contributed by atoms with van der Waals surface area (Å²) in [5.41, 5.74) is 2.98. The van der Waals surface area contributed by atoms with Crippen LogP contribution in [0.2, 0.25) is 0 Å². The lowest BCUT2D eigenvalue weighted by Crippen LogP contribution is -1.79. The van der Waals surface area contributed by atoms with Gasteiger partial charge in [-0.15, -0.1) is 23.2 Å². The number of hydrogen-bond donors (Lipinski definition) is 0. The minimum absolute atomic E-state index is 0.572. The summed E-state index contributed by atoms with van der Waals surface area (Å²) < 4.78 is 0. The zero-order valence-corrected chi connectivity index (χ0v) is 11.3. The molecule has 0 N–H and O–H groups in total. The molecule has 0 saturated carbocycles. The molecule has 0 spiro atoms. The van der Waals surface area contributed by atoms with Gasteiger partial charge in [0.15, 0.2) is 0 Å². The van der Waals surface area contributed by atoms with Gasteiger partial charge < -0.3 is 0 Å². The van der Waals surface area contributed by atoms with E-state index in [9.17, 15) is 0 Å². The second-order valence-corrected chi connectivity index (χ2v) is 4.10. The van der Waals surface area contributed by atoms with Crippen molar-refractivity contribution in [2.24, 2.45) is 0 Å². The van der Waals surface area contributed by atoms with Gasteiger partial charge in [-0.05, 0) is 23.3 Å². The van der Waals surface area contributed by atoms with Gasteiger partial charge in [0.05, 0.1) is 11.6 Å². The number of rotatable bonds is 2. The van der Waals surface area contributed by atoms with Crippen molar-refractivity contribution in [2.45, 2.75) is 11.8 Å². The van der Waals surface area contributed by atoms with E-state index in [2.05, 4.69) is 0 Å². The number of halogens is 2. The summed E-state index contributed by atoms with van der Waals surface area (Å²) in [7, 11) is 0. The maximum absolute atomic E-state index is 8.29. The average molecular weight is 278 g/mol. The minimum atomic E-state index is 0.572. The van der Waals surface area contributed by atoms with Gasteiger partial charge in [-0.2, -0.15) is 5.26 Å². The summed E-state index contributed by atoms with van der Waals surface area (Å²) in [6.45, 7) is 0. The summed E-state index contributed by atoms with van der Waals surface area (Å²) >= 11 is 11.2. The SMILES string of the molecule is ClCc1ccc(CCl)cc1.N#Cc1ccccc1. The van der Waals surface area contributed by atoms with Crippen LogP contribution in [-0.2, 0) is 11.8 Å². The maximum atomic E-state index is 8.29. The van der Waals surface area contributed by atoms with Gasteiger partial charge in [0.2, 0.25) is 0 Å². The maximum Gasteiger partial charge on any atom is 0.0991 e. The first kappa shape index (κ1) is 14.6. The minimum Gasteiger partial charge on any atom is -0.192 e. The highest BCUT2D eigenvalue weighted by Crippen LogP contribution is 2.08. The Bertz CT molecular complexity index is 463. The predicted molar refractivity (Wildman–Crippen MR) is 76.7 cm³/mol. The van der Waals surface area contributed by atoms with Gasteiger partial charge in [0.25, 0.3) is 0 Å². The van der Waals surface area contributed by atoms with E-state index < -0.39 is 0 Å². The van der Waals surface area contributed by atoms with Crippen LogP contribution in [0.4, 0.5) is 0 Å². The van der Waals surface area contributed by atoms with Crippen molar-refractivity contribution < 1.29 is 0 Å². The van der Waals surface area contributed by atoms with Gasteiger partial charge in [-0.1, -0.05) is 42.5 Å². The standard InChI is InChI=1S/C8H8Cl2.C7H5N/c9-5-7-1-2-8(6-10)4-3-7;8-6-7-4-2-1-3-5-7/h1-4H,5-6H2;1-5H. The highest BCUT2D eigenvalue weighted by molar-refractivity contribution is 6.17. The first-order valence-electron chi connectivity index (χ1n) is 5.45. The van der Waals surface area contributed by atoms with Crippen LogP contribution in [0, 0.1) is 11.3 Å². The Morgan fingerprint density at radius 1 is 0.778 bits per heavy atom. The van der Waals surface area contributed by atoms with Crippen LogP contribution >= 0.6 is 23.2 Å². The average Bonchev–Trinajstić information content (AvgIpc) is 2.49. The van der Waals surface area contributed by atoms with Crippen molar-refractivity contribution >= 4 is 23.2 Å². The van der Waals surface area contributed by atoms with Crippen molar-refractivity contribution in [1.29, 1.82) is 5.26 Å². The Balaban J connectivity index is 0.000000184. The Labute approximate surface area is 118 Å². The molecule has 1 nitrogen and oxygen atoms in total. The zero-order chi connectivity index (χ0) is 13.2. The first-order chi connectivity index (χ1) is 8.80. The molecule has 0 atom stereocenters. The molecule has 0 aliphatic heterocycles. The molecule has 3 heteroatoms. The van der Waals surface area contributed by atoms with Gasteiger partial charge in [-0.25, -0.2) is 0 Å². The van der Waals surface area contributed by atoms with Crippen molar-refractivity contribution in [3.63, 3.8) is 0 Å². The van der Waals surface area contributed by atoms with Gasteiger partial charge in [0.1, 0.15) is 0 Å². The largest absolute Gasteiger partial charge is 0.192 e. The monoisotopic (exact) mass is 277 g/mol. The van der Waals surface area contributed by atoms with Crippen molar-refractivity contribution in [1.82, 2.24) is 0 Å². The van der Waals surface area contributed by atoms with Crippen LogP contribution in [0.3, 0.4) is 0 Å². The molecule has 0 bridgehead atoms. The van der Waals surface area contributed by atoms with Crippen LogP contribution in [0.15, 0.2) is 54.6 Å². The highest BCUT2D eigenvalue weighted by Gasteiger charge is 1.90. The molecule has 92 valence electrons. The molecular formula is C15H13Cl2N. The fraction of sp³-hybridized carbons (Fsp3) is 0.133. The van der Waals surface area contributed by atoms with E-state index in [4.69, 9.17) is 28.5 Å². The lowest BCUT2D eigenvalue weighted by molar-refractivity contribution is 1.33. The van der Waals surface area contributed by atoms with Crippen molar-refractivity contribution in [3.8, 4) is 6.07 Å². The van der Waals surface area contributed by atoms with Gasteiger partial charge >= 0.3 is 0 Å². The second kappa shape index (κ2) is 8.58. The van der Waals surface area contributed by atoms with E-state index in [0.29, 0.717) is 17.3 Å². The van der Waals surface area contributed by atoms with E-state index >= 15 is 0 Å². The van der Waals surface area contributed by atoms with Crippen LogP contribution in [0.5, 0.6) is 0 Å². The highest BCUT2D eigenvalue weighted by atomic mass is 35.5. The Morgan fingerprint density at radius 3 is 1.50 bits per heavy atom. The molecule has 0 aliphatic rings. The lowest BCUT2D eigenvalue weighted by Gasteiger charge is -1.95. The van der Waals surface area contributed by atoms with E-state index in [1.165, 1.54) is 0 Å². The molecule has 0 amide bonds. The third-order valence-electron chi connectivity index (χ3n) is 2.23. The first-order valence-corrected chi connectivity index (χ1v) is 6.52. The van der Waals surface area contributed by atoms with Crippen molar-refractivity contribution in [2.75, 3.05) is 0 Å². The van der Waals surface area contributed by atoms with Crippen LogP contribution in [0.1, 0.15) is 16.7 Å². The van der Waals surface area contributed by atoms with Crippen molar-refractivity contribution in [3.05, 3.63) is 71.3 Å². The van der Waals surface area contributed by atoms with Gasteiger partial charge in [-0.3, -0.25) is 0 Å². The molecule has 0 unspecified atom stereocenters. The number of benzene rings is 2. The molecule has 0 heterocycles. The molecule has 18 heavy (non-hydrogen) atoms.